The van der Waals surface area contributed by atoms with Gasteiger partial charge < -0.3 is 15.0 Å². The Morgan fingerprint density at radius 3 is 2.25 bits per heavy atom. The smallest absolute Gasteiger partial charge is 0.258 e. The maximum absolute atomic E-state index is 12.6. The largest absolute Gasteiger partial charge is 0.483 e. The van der Waals surface area contributed by atoms with Crippen LogP contribution in [0.3, 0.4) is 0 Å². The molecule has 0 saturated carbocycles. The van der Waals surface area contributed by atoms with Gasteiger partial charge in [-0.15, -0.1) is 0 Å². The molecule has 0 bridgehead atoms. The number of carbonyl (C=O) groups is 2. The molecule has 32 heavy (non-hydrogen) atoms. The normalized spacial score (nSPS) is 13.4. The zero-order valence-electron chi connectivity index (χ0n) is 18.1. The standard InChI is InChI=1S/C27H28N2O3/c30-26(20-32-25-12-6-5-11-24(25)22-9-3-1-4-10-22)28-19-21-13-15-23(16-14-21)27(31)29-17-7-2-8-18-29/h1,3-6,9-16H,2,7-8,17-20H2,(H,28,30). The minimum atomic E-state index is -0.193. The average molecular weight is 429 g/mol. The molecule has 0 aliphatic carbocycles. The highest BCUT2D eigenvalue weighted by Crippen LogP contribution is 2.29. The Labute approximate surface area is 189 Å². The van der Waals surface area contributed by atoms with Crippen LogP contribution in [0.4, 0.5) is 0 Å². The molecule has 4 rings (SSSR count). The molecule has 3 aromatic carbocycles. The van der Waals surface area contributed by atoms with E-state index in [4.69, 9.17) is 4.74 Å². The summed E-state index contributed by atoms with van der Waals surface area (Å²) in [7, 11) is 0. The summed E-state index contributed by atoms with van der Waals surface area (Å²) in [6, 6.07) is 25.1. The number of carbonyl (C=O) groups excluding carboxylic acids is 2. The van der Waals surface area contributed by atoms with Crippen molar-refractivity contribution in [2.75, 3.05) is 19.7 Å². The molecule has 1 aliphatic heterocycles. The van der Waals surface area contributed by atoms with E-state index in [-0.39, 0.29) is 18.4 Å². The third-order valence-corrected chi connectivity index (χ3v) is 5.66. The van der Waals surface area contributed by atoms with E-state index in [2.05, 4.69) is 5.32 Å². The first-order valence-electron chi connectivity index (χ1n) is 11.1. The molecule has 1 N–H and O–H groups in total. The summed E-state index contributed by atoms with van der Waals surface area (Å²) in [5, 5.41) is 2.88. The van der Waals surface area contributed by atoms with Gasteiger partial charge in [0.15, 0.2) is 6.61 Å². The molecule has 1 fully saturated rings. The number of ether oxygens (including phenoxy) is 1. The van der Waals surface area contributed by atoms with Crippen LogP contribution in [0.25, 0.3) is 11.1 Å². The lowest BCUT2D eigenvalue weighted by Gasteiger charge is -2.26. The van der Waals surface area contributed by atoms with Crippen LogP contribution in [0, 0.1) is 0 Å². The predicted molar refractivity (Wildman–Crippen MR) is 125 cm³/mol. The first-order chi connectivity index (χ1) is 15.7. The third kappa shape index (κ3) is 5.55. The molecule has 164 valence electrons. The Bertz CT molecular complexity index is 1040. The van der Waals surface area contributed by atoms with Gasteiger partial charge in [0, 0.05) is 30.8 Å². The Balaban J connectivity index is 1.28. The summed E-state index contributed by atoms with van der Waals surface area (Å²) < 4.78 is 5.80. The highest BCUT2D eigenvalue weighted by molar-refractivity contribution is 5.94. The lowest BCUT2D eigenvalue weighted by molar-refractivity contribution is -0.123. The number of nitrogens with one attached hydrogen (secondary N) is 1. The van der Waals surface area contributed by atoms with Gasteiger partial charge in [0.2, 0.25) is 0 Å². The fourth-order valence-corrected chi connectivity index (χ4v) is 3.89. The van der Waals surface area contributed by atoms with Gasteiger partial charge in [-0.25, -0.2) is 0 Å². The van der Waals surface area contributed by atoms with Crippen LogP contribution in [-0.4, -0.2) is 36.4 Å². The van der Waals surface area contributed by atoms with Crippen molar-refractivity contribution in [1.29, 1.82) is 0 Å². The van der Waals surface area contributed by atoms with Crippen molar-refractivity contribution in [3.05, 3.63) is 90.0 Å². The number of benzene rings is 3. The molecule has 1 saturated heterocycles. The first-order valence-corrected chi connectivity index (χ1v) is 11.1. The highest BCUT2D eigenvalue weighted by atomic mass is 16.5. The van der Waals surface area contributed by atoms with Crippen molar-refractivity contribution < 1.29 is 14.3 Å². The summed E-state index contributed by atoms with van der Waals surface area (Å²) in [5.41, 5.74) is 3.64. The van der Waals surface area contributed by atoms with Crippen LogP contribution in [0.2, 0.25) is 0 Å². The summed E-state index contributed by atoms with van der Waals surface area (Å²) in [6.45, 7) is 2.00. The number of hydrogen-bond donors (Lipinski definition) is 1. The lowest BCUT2D eigenvalue weighted by Crippen LogP contribution is -2.35. The minimum absolute atomic E-state index is 0.0601. The molecule has 5 heteroatoms. The quantitative estimate of drug-likeness (QED) is 0.595. The molecule has 0 unspecified atom stereocenters. The highest BCUT2D eigenvalue weighted by Gasteiger charge is 2.18. The van der Waals surface area contributed by atoms with Gasteiger partial charge >= 0.3 is 0 Å². The van der Waals surface area contributed by atoms with Crippen molar-refractivity contribution >= 4 is 11.8 Å². The van der Waals surface area contributed by atoms with E-state index in [9.17, 15) is 9.59 Å². The van der Waals surface area contributed by atoms with Crippen molar-refractivity contribution in [2.45, 2.75) is 25.8 Å². The second kappa shape index (κ2) is 10.6. The summed E-state index contributed by atoms with van der Waals surface area (Å²) in [5.74, 6) is 0.571. The van der Waals surface area contributed by atoms with Gasteiger partial charge in [-0.2, -0.15) is 0 Å². The molecule has 1 heterocycles. The van der Waals surface area contributed by atoms with E-state index >= 15 is 0 Å². The molecular weight excluding hydrogens is 400 g/mol. The summed E-state index contributed by atoms with van der Waals surface area (Å²) in [4.78, 5) is 26.8. The molecule has 0 radical (unpaired) electrons. The second-order valence-electron chi connectivity index (χ2n) is 7.98. The Hall–Kier alpha value is -3.60. The molecule has 0 aromatic heterocycles. The van der Waals surface area contributed by atoms with E-state index in [1.54, 1.807) is 0 Å². The summed E-state index contributed by atoms with van der Waals surface area (Å²) >= 11 is 0. The fraction of sp³-hybridized carbons (Fsp3) is 0.259. The molecule has 2 amide bonds. The fourth-order valence-electron chi connectivity index (χ4n) is 3.89. The van der Waals surface area contributed by atoms with E-state index in [1.165, 1.54) is 6.42 Å². The zero-order valence-corrected chi connectivity index (χ0v) is 18.1. The van der Waals surface area contributed by atoms with E-state index in [0.717, 1.165) is 42.6 Å². The van der Waals surface area contributed by atoms with Crippen LogP contribution < -0.4 is 10.1 Å². The SMILES string of the molecule is O=C(COc1ccccc1-c1ccccc1)NCc1ccc(C(=O)N2CCCCC2)cc1. The van der Waals surface area contributed by atoms with Gasteiger partial charge in [-0.3, -0.25) is 9.59 Å². The van der Waals surface area contributed by atoms with Crippen LogP contribution >= 0.6 is 0 Å². The second-order valence-corrected chi connectivity index (χ2v) is 7.98. The Morgan fingerprint density at radius 2 is 1.50 bits per heavy atom. The van der Waals surface area contributed by atoms with Crippen molar-refractivity contribution in [1.82, 2.24) is 10.2 Å². The number of piperidine rings is 1. The number of likely N-dealkylation sites (tertiary alicyclic amines) is 1. The third-order valence-electron chi connectivity index (χ3n) is 5.66. The number of rotatable bonds is 7. The van der Waals surface area contributed by atoms with Gasteiger partial charge in [-0.1, -0.05) is 60.7 Å². The van der Waals surface area contributed by atoms with Gasteiger partial charge in [-0.05, 0) is 48.6 Å². The first kappa shape index (κ1) is 21.6. The monoisotopic (exact) mass is 428 g/mol. The van der Waals surface area contributed by atoms with Crippen LogP contribution in [-0.2, 0) is 11.3 Å². The molecule has 3 aromatic rings. The number of nitrogens with zero attached hydrogens (tertiary/aromatic N) is 1. The maximum atomic E-state index is 12.6. The maximum Gasteiger partial charge on any atom is 0.258 e. The van der Waals surface area contributed by atoms with Gasteiger partial charge in [0.1, 0.15) is 5.75 Å². The van der Waals surface area contributed by atoms with Crippen LogP contribution in [0.5, 0.6) is 5.75 Å². The van der Waals surface area contributed by atoms with E-state index in [1.807, 2.05) is 83.8 Å². The van der Waals surface area contributed by atoms with Crippen LogP contribution in [0.15, 0.2) is 78.9 Å². The minimum Gasteiger partial charge on any atom is -0.483 e. The van der Waals surface area contributed by atoms with Gasteiger partial charge in [0.05, 0.1) is 0 Å². The van der Waals surface area contributed by atoms with Crippen LogP contribution in [0.1, 0.15) is 35.2 Å². The molecule has 1 aliphatic rings. The van der Waals surface area contributed by atoms with E-state index < -0.39 is 0 Å². The number of para-hydroxylation sites is 1. The van der Waals surface area contributed by atoms with Crippen molar-refractivity contribution in [3.63, 3.8) is 0 Å². The number of hydrogen-bond acceptors (Lipinski definition) is 3. The average Bonchev–Trinajstić information content (AvgIpc) is 2.87. The van der Waals surface area contributed by atoms with Crippen molar-refractivity contribution in [2.24, 2.45) is 0 Å². The Kier molecular flexibility index (Phi) is 7.18. The molecule has 0 spiro atoms. The zero-order chi connectivity index (χ0) is 22.2. The lowest BCUT2D eigenvalue weighted by atomic mass is 10.1. The molecule has 5 nitrogen and oxygen atoms in total. The van der Waals surface area contributed by atoms with E-state index in [0.29, 0.717) is 17.9 Å². The Morgan fingerprint density at radius 1 is 0.812 bits per heavy atom. The van der Waals surface area contributed by atoms with Gasteiger partial charge in [0.25, 0.3) is 11.8 Å². The van der Waals surface area contributed by atoms with Crippen molar-refractivity contribution in [3.8, 4) is 16.9 Å². The summed E-state index contributed by atoms with van der Waals surface area (Å²) in [6.07, 6.45) is 3.35. The molecular formula is C27H28N2O3. The predicted octanol–water partition coefficient (Wildman–Crippen LogP) is 4.67. The topological polar surface area (TPSA) is 58.6 Å². The number of amides is 2. The molecule has 0 atom stereocenters.